The van der Waals surface area contributed by atoms with Gasteiger partial charge < -0.3 is 5.32 Å². The third-order valence-electron chi connectivity index (χ3n) is 2.58. The first kappa shape index (κ1) is 11.7. The molecule has 6 heteroatoms. The highest BCUT2D eigenvalue weighted by Crippen LogP contribution is 2.36. The number of alkyl halides is 3. The van der Waals surface area contributed by atoms with Crippen LogP contribution in [0.3, 0.4) is 0 Å². The highest BCUT2D eigenvalue weighted by Gasteiger charge is 2.34. The minimum atomic E-state index is -4.50. The van der Waals surface area contributed by atoms with Crippen LogP contribution in [0.5, 0.6) is 0 Å². The van der Waals surface area contributed by atoms with Gasteiger partial charge in [-0.15, -0.1) is 0 Å². The van der Waals surface area contributed by atoms with E-state index in [0.29, 0.717) is 19.0 Å². The van der Waals surface area contributed by atoms with Crippen LogP contribution in [-0.4, -0.2) is 6.54 Å². The Bertz CT molecular complexity index is 412. The first-order valence-corrected chi connectivity index (χ1v) is 5.07. The number of hydrogen-bond donors (Lipinski definition) is 1. The summed E-state index contributed by atoms with van der Waals surface area (Å²) in [5, 5.41) is 2.36. The van der Waals surface area contributed by atoms with Crippen LogP contribution in [0.1, 0.15) is 23.6 Å². The van der Waals surface area contributed by atoms with Crippen molar-refractivity contribution in [1.29, 1.82) is 0 Å². The fourth-order valence-corrected chi connectivity index (χ4v) is 1.81. The van der Waals surface area contributed by atoms with Crippen LogP contribution in [0.15, 0.2) is 12.1 Å². The van der Waals surface area contributed by atoms with E-state index in [4.69, 9.17) is 11.6 Å². The SMILES string of the molecule is Fc1c(Cl)cc(C(F)(F)F)cc1[C@H]1CCN1. The van der Waals surface area contributed by atoms with E-state index in [1.807, 2.05) is 0 Å². The van der Waals surface area contributed by atoms with Gasteiger partial charge in [0.15, 0.2) is 0 Å². The van der Waals surface area contributed by atoms with Gasteiger partial charge >= 0.3 is 6.18 Å². The van der Waals surface area contributed by atoms with E-state index in [-0.39, 0.29) is 11.6 Å². The Morgan fingerprint density at radius 2 is 1.94 bits per heavy atom. The molecule has 0 saturated carbocycles. The van der Waals surface area contributed by atoms with Crippen LogP contribution in [-0.2, 0) is 6.18 Å². The Labute approximate surface area is 94.4 Å². The molecule has 88 valence electrons. The molecule has 0 bridgehead atoms. The van der Waals surface area contributed by atoms with Crippen LogP contribution in [0.25, 0.3) is 0 Å². The van der Waals surface area contributed by atoms with E-state index >= 15 is 0 Å². The number of nitrogens with one attached hydrogen (secondary N) is 1. The second-order valence-electron chi connectivity index (χ2n) is 3.65. The first-order chi connectivity index (χ1) is 7.39. The van der Waals surface area contributed by atoms with Gasteiger partial charge in [-0.3, -0.25) is 0 Å². The van der Waals surface area contributed by atoms with E-state index in [0.717, 1.165) is 6.07 Å². The van der Waals surface area contributed by atoms with Crippen molar-refractivity contribution >= 4 is 11.6 Å². The molecular formula is C10H8ClF4N. The number of benzene rings is 1. The molecule has 1 saturated heterocycles. The second kappa shape index (κ2) is 3.89. The summed E-state index contributed by atoms with van der Waals surface area (Å²) in [6, 6.07) is 1.07. The third-order valence-corrected chi connectivity index (χ3v) is 2.86. The van der Waals surface area contributed by atoms with Gasteiger partial charge in [-0.05, 0) is 25.1 Å². The summed E-state index contributed by atoms with van der Waals surface area (Å²) in [5.74, 6) is -0.771. The zero-order valence-electron chi connectivity index (χ0n) is 8.04. The minimum Gasteiger partial charge on any atom is -0.310 e. The Balaban J connectivity index is 2.47. The van der Waals surface area contributed by atoms with E-state index in [2.05, 4.69) is 5.32 Å². The Morgan fingerprint density at radius 3 is 2.38 bits per heavy atom. The zero-order chi connectivity index (χ0) is 11.9. The molecular weight excluding hydrogens is 246 g/mol. The fraction of sp³-hybridized carbons (Fsp3) is 0.400. The Kier molecular flexibility index (Phi) is 2.84. The summed E-state index contributed by atoms with van der Waals surface area (Å²) in [7, 11) is 0. The smallest absolute Gasteiger partial charge is 0.310 e. The molecule has 1 aromatic rings. The topological polar surface area (TPSA) is 12.0 Å². The van der Waals surface area contributed by atoms with Crippen LogP contribution in [0.2, 0.25) is 5.02 Å². The molecule has 1 N–H and O–H groups in total. The van der Waals surface area contributed by atoms with Crippen molar-refractivity contribution in [2.45, 2.75) is 18.6 Å². The maximum Gasteiger partial charge on any atom is 0.416 e. The van der Waals surface area contributed by atoms with Crippen LogP contribution >= 0.6 is 11.6 Å². The lowest BCUT2D eigenvalue weighted by atomic mass is 9.95. The van der Waals surface area contributed by atoms with E-state index in [1.165, 1.54) is 0 Å². The monoisotopic (exact) mass is 253 g/mol. The summed E-state index contributed by atoms with van der Waals surface area (Å²) < 4.78 is 50.9. The van der Waals surface area contributed by atoms with Gasteiger partial charge in [-0.25, -0.2) is 4.39 Å². The van der Waals surface area contributed by atoms with E-state index in [9.17, 15) is 17.6 Å². The molecule has 1 nitrogen and oxygen atoms in total. The van der Waals surface area contributed by atoms with Crippen LogP contribution < -0.4 is 5.32 Å². The molecule has 0 aliphatic carbocycles. The normalized spacial score (nSPS) is 20.7. The molecule has 0 amide bonds. The molecule has 1 atom stereocenters. The van der Waals surface area contributed by atoms with Gasteiger partial charge in [0.25, 0.3) is 0 Å². The molecule has 0 spiro atoms. The number of hydrogen-bond acceptors (Lipinski definition) is 1. The van der Waals surface area contributed by atoms with Gasteiger partial charge in [0.1, 0.15) is 5.82 Å². The highest BCUT2D eigenvalue weighted by molar-refractivity contribution is 6.30. The molecule has 0 aromatic heterocycles. The van der Waals surface area contributed by atoms with Gasteiger partial charge in [0, 0.05) is 11.6 Å². The first-order valence-electron chi connectivity index (χ1n) is 4.69. The number of halogens is 5. The summed E-state index contributed by atoms with van der Waals surface area (Å²) in [6.07, 6.45) is -3.88. The van der Waals surface area contributed by atoms with Crippen molar-refractivity contribution in [1.82, 2.24) is 5.32 Å². The maximum absolute atomic E-state index is 13.5. The van der Waals surface area contributed by atoms with Crippen molar-refractivity contribution in [3.63, 3.8) is 0 Å². The van der Waals surface area contributed by atoms with Crippen molar-refractivity contribution in [3.8, 4) is 0 Å². The lowest BCUT2D eigenvalue weighted by molar-refractivity contribution is -0.137. The average molecular weight is 254 g/mol. The van der Waals surface area contributed by atoms with Crippen molar-refractivity contribution in [2.24, 2.45) is 0 Å². The molecule has 1 fully saturated rings. The Hall–Kier alpha value is -0.810. The van der Waals surface area contributed by atoms with Crippen molar-refractivity contribution in [2.75, 3.05) is 6.54 Å². The van der Waals surface area contributed by atoms with Crippen LogP contribution in [0.4, 0.5) is 17.6 Å². The predicted molar refractivity (Wildman–Crippen MR) is 51.8 cm³/mol. The second-order valence-corrected chi connectivity index (χ2v) is 4.06. The highest BCUT2D eigenvalue weighted by atomic mass is 35.5. The maximum atomic E-state index is 13.5. The predicted octanol–water partition coefficient (Wildman–Crippen LogP) is 3.53. The van der Waals surface area contributed by atoms with E-state index < -0.39 is 22.6 Å². The average Bonchev–Trinajstić information content (AvgIpc) is 2.07. The lowest BCUT2D eigenvalue weighted by Crippen LogP contribution is -2.35. The molecule has 1 aromatic carbocycles. The van der Waals surface area contributed by atoms with Crippen molar-refractivity contribution < 1.29 is 17.6 Å². The zero-order valence-corrected chi connectivity index (χ0v) is 8.79. The quantitative estimate of drug-likeness (QED) is 0.755. The molecule has 16 heavy (non-hydrogen) atoms. The van der Waals surface area contributed by atoms with Gasteiger partial charge in [-0.1, -0.05) is 11.6 Å². The molecule has 1 aliphatic heterocycles. The third kappa shape index (κ3) is 2.01. The molecule has 2 rings (SSSR count). The minimum absolute atomic E-state index is 0.00826. The van der Waals surface area contributed by atoms with E-state index in [1.54, 1.807) is 0 Å². The molecule has 0 radical (unpaired) electrons. The largest absolute Gasteiger partial charge is 0.416 e. The lowest BCUT2D eigenvalue weighted by Gasteiger charge is -2.29. The molecule has 0 unspecified atom stereocenters. The van der Waals surface area contributed by atoms with Gasteiger partial charge in [0.2, 0.25) is 0 Å². The van der Waals surface area contributed by atoms with Crippen molar-refractivity contribution in [3.05, 3.63) is 34.1 Å². The number of rotatable bonds is 1. The van der Waals surface area contributed by atoms with Crippen LogP contribution in [0, 0.1) is 5.82 Å². The summed E-state index contributed by atoms with van der Waals surface area (Å²) >= 11 is 5.45. The van der Waals surface area contributed by atoms with Gasteiger partial charge in [0.05, 0.1) is 10.6 Å². The molecule has 1 aliphatic rings. The summed E-state index contributed by atoms with van der Waals surface area (Å²) in [6.45, 7) is 0.679. The molecule has 1 heterocycles. The fourth-order valence-electron chi connectivity index (χ4n) is 1.58. The standard InChI is InChI=1S/C10H8ClF4N/c11-7-4-5(10(13,14)15)3-6(9(7)12)8-1-2-16-8/h3-4,8,16H,1-2H2/t8-/m1/s1. The Morgan fingerprint density at radius 1 is 1.31 bits per heavy atom. The van der Waals surface area contributed by atoms with Gasteiger partial charge in [-0.2, -0.15) is 13.2 Å². The summed E-state index contributed by atoms with van der Waals surface area (Å²) in [5.41, 5.74) is -0.923. The summed E-state index contributed by atoms with van der Waals surface area (Å²) in [4.78, 5) is 0.